The molecule has 3 rings (SSSR count). The second kappa shape index (κ2) is 11.5. The molecular formula is C24H28N4O4S. The van der Waals surface area contributed by atoms with Crippen LogP contribution in [0, 0.1) is 0 Å². The summed E-state index contributed by atoms with van der Waals surface area (Å²) in [7, 11) is 1.84. The van der Waals surface area contributed by atoms with E-state index in [1.807, 2.05) is 23.7 Å². The SMILES string of the molecule is CCOC(=O)c1cccc(NC(=O)CSc2nnc(COc3ccc(C(C)C)cc3)n2C)c1. The van der Waals surface area contributed by atoms with E-state index in [1.165, 1.54) is 17.3 Å². The van der Waals surface area contributed by atoms with Gasteiger partial charge in [-0.15, -0.1) is 10.2 Å². The van der Waals surface area contributed by atoms with Crippen molar-refractivity contribution in [2.45, 2.75) is 38.5 Å². The Morgan fingerprint density at radius 1 is 1.12 bits per heavy atom. The number of benzene rings is 2. The van der Waals surface area contributed by atoms with Crippen LogP contribution in [0.4, 0.5) is 5.69 Å². The molecule has 0 aliphatic carbocycles. The minimum atomic E-state index is -0.423. The Bertz CT molecular complexity index is 1100. The number of thioether (sulfide) groups is 1. The largest absolute Gasteiger partial charge is 0.486 e. The number of nitrogens with zero attached hydrogens (tertiary/aromatic N) is 3. The molecular weight excluding hydrogens is 440 g/mol. The lowest BCUT2D eigenvalue weighted by Crippen LogP contribution is -2.15. The fraction of sp³-hybridized carbons (Fsp3) is 0.333. The van der Waals surface area contributed by atoms with Gasteiger partial charge in [-0.2, -0.15) is 0 Å². The maximum atomic E-state index is 12.4. The van der Waals surface area contributed by atoms with Crippen LogP contribution in [0.3, 0.4) is 0 Å². The number of esters is 1. The normalized spacial score (nSPS) is 10.8. The van der Waals surface area contributed by atoms with E-state index in [4.69, 9.17) is 9.47 Å². The van der Waals surface area contributed by atoms with Crippen molar-refractivity contribution >= 4 is 29.3 Å². The Kier molecular flexibility index (Phi) is 8.48. The summed E-state index contributed by atoms with van der Waals surface area (Å²) in [6, 6.07) is 14.6. The van der Waals surface area contributed by atoms with E-state index in [9.17, 15) is 9.59 Å². The van der Waals surface area contributed by atoms with E-state index in [0.717, 1.165) is 5.75 Å². The van der Waals surface area contributed by atoms with Crippen LogP contribution in [0.5, 0.6) is 5.75 Å². The molecule has 2 aromatic carbocycles. The average Bonchev–Trinajstić information content (AvgIpc) is 3.16. The number of carbonyl (C=O) groups excluding carboxylic acids is 2. The fourth-order valence-corrected chi connectivity index (χ4v) is 3.69. The first-order valence-electron chi connectivity index (χ1n) is 10.7. The molecule has 0 spiro atoms. The lowest BCUT2D eigenvalue weighted by molar-refractivity contribution is -0.113. The Morgan fingerprint density at radius 2 is 1.88 bits per heavy atom. The van der Waals surface area contributed by atoms with Crippen LogP contribution < -0.4 is 10.1 Å². The summed E-state index contributed by atoms with van der Waals surface area (Å²) in [6.45, 7) is 6.61. The molecule has 0 fully saturated rings. The van der Waals surface area contributed by atoms with Gasteiger partial charge in [-0.1, -0.05) is 43.8 Å². The summed E-state index contributed by atoms with van der Waals surface area (Å²) in [4.78, 5) is 24.2. The lowest BCUT2D eigenvalue weighted by atomic mass is 10.0. The minimum absolute atomic E-state index is 0.146. The summed E-state index contributed by atoms with van der Waals surface area (Å²) in [5.74, 6) is 1.40. The van der Waals surface area contributed by atoms with Crippen molar-refractivity contribution in [1.29, 1.82) is 0 Å². The lowest BCUT2D eigenvalue weighted by Gasteiger charge is -2.09. The Labute approximate surface area is 197 Å². The molecule has 33 heavy (non-hydrogen) atoms. The van der Waals surface area contributed by atoms with Gasteiger partial charge in [0.05, 0.1) is 17.9 Å². The fourth-order valence-electron chi connectivity index (χ4n) is 2.96. The summed E-state index contributed by atoms with van der Waals surface area (Å²) < 4.78 is 12.6. The zero-order valence-corrected chi connectivity index (χ0v) is 20.0. The van der Waals surface area contributed by atoms with Gasteiger partial charge in [-0.25, -0.2) is 4.79 Å². The van der Waals surface area contributed by atoms with E-state index in [2.05, 4.69) is 41.5 Å². The molecule has 1 aromatic heterocycles. The van der Waals surface area contributed by atoms with Crippen molar-refractivity contribution in [3.05, 3.63) is 65.5 Å². The van der Waals surface area contributed by atoms with Gasteiger partial charge in [-0.05, 0) is 48.7 Å². The zero-order chi connectivity index (χ0) is 23.8. The van der Waals surface area contributed by atoms with Gasteiger partial charge in [0.2, 0.25) is 5.91 Å². The van der Waals surface area contributed by atoms with Gasteiger partial charge >= 0.3 is 5.97 Å². The monoisotopic (exact) mass is 468 g/mol. The van der Waals surface area contributed by atoms with Gasteiger partial charge in [-0.3, -0.25) is 4.79 Å². The van der Waals surface area contributed by atoms with Crippen LogP contribution in [-0.4, -0.2) is 39.0 Å². The Hall–Kier alpha value is -3.33. The first-order valence-corrected chi connectivity index (χ1v) is 11.7. The summed E-state index contributed by atoms with van der Waals surface area (Å²) in [5, 5.41) is 11.7. The van der Waals surface area contributed by atoms with Crippen molar-refractivity contribution in [3.63, 3.8) is 0 Å². The molecule has 0 bridgehead atoms. The Balaban J connectivity index is 1.51. The second-order valence-corrected chi connectivity index (χ2v) is 8.55. The van der Waals surface area contributed by atoms with E-state index < -0.39 is 5.97 Å². The summed E-state index contributed by atoms with van der Waals surface area (Å²) in [5.41, 5.74) is 2.17. The highest BCUT2D eigenvalue weighted by molar-refractivity contribution is 7.99. The number of nitrogens with one attached hydrogen (secondary N) is 1. The Morgan fingerprint density at radius 3 is 2.58 bits per heavy atom. The number of carbonyl (C=O) groups is 2. The number of ether oxygens (including phenoxy) is 2. The number of hydrogen-bond donors (Lipinski definition) is 1. The number of aromatic nitrogens is 3. The van der Waals surface area contributed by atoms with Crippen molar-refractivity contribution in [3.8, 4) is 5.75 Å². The number of hydrogen-bond acceptors (Lipinski definition) is 7. The molecule has 0 aliphatic rings. The third-order valence-corrected chi connectivity index (χ3v) is 5.85. The molecule has 9 heteroatoms. The van der Waals surface area contributed by atoms with Crippen LogP contribution in [0.25, 0.3) is 0 Å². The zero-order valence-electron chi connectivity index (χ0n) is 19.2. The predicted octanol–water partition coefficient (Wildman–Crippen LogP) is 4.43. The van der Waals surface area contributed by atoms with Crippen molar-refractivity contribution in [2.24, 2.45) is 7.05 Å². The summed E-state index contributed by atoms with van der Waals surface area (Å²) >= 11 is 1.27. The molecule has 0 aliphatic heterocycles. The molecule has 0 saturated carbocycles. The average molecular weight is 469 g/mol. The topological polar surface area (TPSA) is 95.3 Å². The van der Waals surface area contributed by atoms with Crippen molar-refractivity contribution in [1.82, 2.24) is 14.8 Å². The van der Waals surface area contributed by atoms with Gasteiger partial charge in [0, 0.05) is 12.7 Å². The highest BCUT2D eigenvalue weighted by Crippen LogP contribution is 2.21. The van der Waals surface area contributed by atoms with E-state index in [-0.39, 0.29) is 18.3 Å². The molecule has 0 saturated heterocycles. The van der Waals surface area contributed by atoms with Gasteiger partial charge in [0.15, 0.2) is 11.0 Å². The minimum Gasteiger partial charge on any atom is -0.486 e. The molecule has 0 radical (unpaired) electrons. The highest BCUT2D eigenvalue weighted by Gasteiger charge is 2.13. The number of rotatable bonds is 10. The van der Waals surface area contributed by atoms with Crippen molar-refractivity contribution in [2.75, 3.05) is 17.7 Å². The second-order valence-electron chi connectivity index (χ2n) is 7.61. The van der Waals surface area contributed by atoms with E-state index in [1.54, 1.807) is 31.2 Å². The van der Waals surface area contributed by atoms with Crippen LogP contribution in [0.15, 0.2) is 53.7 Å². The van der Waals surface area contributed by atoms with Crippen LogP contribution in [0.1, 0.15) is 48.4 Å². The maximum Gasteiger partial charge on any atom is 0.338 e. The molecule has 174 valence electrons. The first kappa shape index (κ1) is 24.3. The standard InChI is InChI=1S/C24H28N4O4S/c1-5-31-23(30)18-7-6-8-19(13-18)25-22(29)15-33-24-27-26-21(28(24)4)14-32-20-11-9-17(10-12-20)16(2)3/h6-13,16H,5,14-15H2,1-4H3,(H,25,29). The molecule has 0 atom stereocenters. The number of amides is 1. The van der Waals surface area contributed by atoms with E-state index >= 15 is 0 Å². The van der Waals surface area contributed by atoms with Crippen molar-refractivity contribution < 1.29 is 19.1 Å². The number of anilines is 1. The summed E-state index contributed by atoms with van der Waals surface area (Å²) in [6.07, 6.45) is 0. The molecule has 0 unspecified atom stereocenters. The van der Waals surface area contributed by atoms with Crippen LogP contribution >= 0.6 is 11.8 Å². The third-order valence-electron chi connectivity index (χ3n) is 4.83. The van der Waals surface area contributed by atoms with Gasteiger partial charge in [0.25, 0.3) is 0 Å². The predicted molar refractivity (Wildman–Crippen MR) is 128 cm³/mol. The van der Waals surface area contributed by atoms with E-state index in [0.29, 0.717) is 34.8 Å². The first-order chi connectivity index (χ1) is 15.9. The smallest absolute Gasteiger partial charge is 0.338 e. The van der Waals surface area contributed by atoms with Crippen LogP contribution in [0.2, 0.25) is 0 Å². The van der Waals surface area contributed by atoms with Crippen LogP contribution in [-0.2, 0) is 23.2 Å². The molecule has 8 nitrogen and oxygen atoms in total. The maximum absolute atomic E-state index is 12.4. The molecule has 1 amide bonds. The van der Waals surface area contributed by atoms with Gasteiger partial charge < -0.3 is 19.4 Å². The third kappa shape index (κ3) is 6.82. The molecule has 3 aromatic rings. The van der Waals surface area contributed by atoms with Gasteiger partial charge in [0.1, 0.15) is 12.4 Å². The molecule has 1 heterocycles. The quantitative estimate of drug-likeness (QED) is 0.347. The molecule has 1 N–H and O–H groups in total. The highest BCUT2D eigenvalue weighted by atomic mass is 32.2.